The number of ether oxygens (including phenoxy) is 3. The van der Waals surface area contributed by atoms with Gasteiger partial charge in [0.1, 0.15) is 25.4 Å². The molecule has 101 heavy (non-hydrogen) atoms. The van der Waals surface area contributed by atoms with Gasteiger partial charge in [-0.1, -0.05) is 315 Å². The molecule has 0 aromatic rings. The summed E-state index contributed by atoms with van der Waals surface area (Å²) in [7, 11) is -9.79. The van der Waals surface area contributed by atoms with E-state index < -0.39 is 91.5 Å². The molecule has 0 saturated heterocycles. The molecule has 4 N–H and O–H groups in total. The van der Waals surface area contributed by atoms with Crippen LogP contribution in [0.15, 0.2) is 134 Å². The van der Waals surface area contributed by atoms with Gasteiger partial charge in [-0.05, 0) is 116 Å². The van der Waals surface area contributed by atoms with Crippen molar-refractivity contribution in [3.05, 3.63) is 134 Å². The molecular weight excluding hydrogens is 1310 g/mol. The van der Waals surface area contributed by atoms with Gasteiger partial charge in [-0.25, -0.2) is 9.13 Å². The molecule has 580 valence electrons. The summed E-state index contributed by atoms with van der Waals surface area (Å²) in [6, 6.07) is 0. The fourth-order valence-corrected chi connectivity index (χ4v) is 12.0. The Hall–Kier alpha value is -4.31. The summed E-state index contributed by atoms with van der Waals surface area (Å²) < 4.78 is 61.1. The lowest BCUT2D eigenvalue weighted by Crippen LogP contribution is -2.30. The molecule has 0 amide bonds. The Balaban J connectivity index is 4.44. The van der Waals surface area contributed by atoms with Crippen molar-refractivity contribution < 1.29 is 75.8 Å². The fourth-order valence-electron chi connectivity index (χ4n) is 10.4. The van der Waals surface area contributed by atoms with Gasteiger partial charge in [0.25, 0.3) is 0 Å². The van der Waals surface area contributed by atoms with Crippen LogP contribution in [0.2, 0.25) is 0 Å². The van der Waals surface area contributed by atoms with E-state index in [1.54, 1.807) is 0 Å². The van der Waals surface area contributed by atoms with Gasteiger partial charge in [-0.15, -0.1) is 0 Å². The average Bonchev–Trinajstić information content (AvgIpc) is 0.933. The molecule has 0 aliphatic carbocycles. The molecule has 0 bridgehead atoms. The molecule has 16 nitrogen and oxygen atoms in total. The van der Waals surface area contributed by atoms with Crippen LogP contribution in [-0.4, -0.2) is 95.9 Å². The third-order valence-corrected chi connectivity index (χ3v) is 18.3. The van der Waals surface area contributed by atoms with Gasteiger partial charge >= 0.3 is 33.6 Å². The number of aliphatic hydroxyl groups is 2. The third-order valence-electron chi connectivity index (χ3n) is 16.4. The molecule has 5 atom stereocenters. The molecule has 0 radical (unpaired) electrons. The van der Waals surface area contributed by atoms with Crippen molar-refractivity contribution in [2.24, 2.45) is 0 Å². The van der Waals surface area contributed by atoms with Crippen LogP contribution < -0.4 is 0 Å². The predicted octanol–water partition coefficient (Wildman–Crippen LogP) is 23.1. The van der Waals surface area contributed by atoms with Crippen LogP contribution in [0, 0.1) is 0 Å². The number of carbonyl (C=O) groups excluding carboxylic acids is 3. The summed E-state index contributed by atoms with van der Waals surface area (Å²) in [5, 5.41) is 20.6. The van der Waals surface area contributed by atoms with Crippen molar-refractivity contribution in [3.63, 3.8) is 0 Å². The van der Waals surface area contributed by atoms with E-state index in [-0.39, 0.29) is 19.3 Å². The molecule has 0 spiro atoms. The molecule has 0 heterocycles. The number of allylic oxidation sites excluding steroid dienone is 22. The Morgan fingerprint density at radius 1 is 0.287 bits per heavy atom. The molecule has 0 aliphatic heterocycles. The highest BCUT2D eigenvalue weighted by atomic mass is 31.2. The van der Waals surface area contributed by atoms with Crippen LogP contribution in [0.3, 0.4) is 0 Å². The first-order chi connectivity index (χ1) is 49.2. The van der Waals surface area contributed by atoms with Crippen molar-refractivity contribution in [1.82, 2.24) is 0 Å². The first kappa shape index (κ1) is 96.7. The zero-order valence-electron chi connectivity index (χ0n) is 63.3. The standard InChI is InChI=1S/C83H142O16P2/c1-4-7-10-13-16-19-22-25-27-29-31-32-33-34-35-36-37-38-39-40-41-42-43-44-46-48-49-52-54-57-60-63-66-69-81(86)93-72-78(84)73-95-100(89,90)96-74-79(85)75-97-101(91,92)98-77-80(99-83(88)71-68-65-62-59-56-51-24-21-18-15-12-9-6-3)76-94-82(87)70-67-64-61-58-55-53-50-47-45-30-28-26-23-20-17-14-11-8-5-2/h7-8,10-11,16-17,19-20,25-28,31-32,34-35,37-38,45,47,53,55,78-80,84-85H,4-6,9,12-15,18,21-24,29-30,33,36,39-44,46,48-52,54,56-77H2,1-3H3,(H,89,90)(H,91,92)/b10-7-,11-8-,19-16-,20-17-,27-25-,28-26-,32-31-,35-34-,38-37-,47-45-,55-53-. The monoisotopic (exact) mass is 1460 g/mol. The summed E-state index contributed by atoms with van der Waals surface area (Å²) in [6.45, 7) is 2.42. The van der Waals surface area contributed by atoms with Gasteiger partial charge in [0.15, 0.2) is 6.10 Å². The molecule has 0 saturated carbocycles. The molecule has 0 aliphatic rings. The second kappa shape index (κ2) is 75.4. The second-order valence-corrected chi connectivity index (χ2v) is 29.0. The van der Waals surface area contributed by atoms with Crippen LogP contribution in [0.1, 0.15) is 316 Å². The Morgan fingerprint density at radius 2 is 0.525 bits per heavy atom. The van der Waals surface area contributed by atoms with Crippen molar-refractivity contribution in [1.29, 1.82) is 0 Å². The average molecular weight is 1460 g/mol. The maximum Gasteiger partial charge on any atom is 0.472 e. The van der Waals surface area contributed by atoms with E-state index in [9.17, 15) is 43.5 Å². The third kappa shape index (κ3) is 76.6. The number of phosphoric acid groups is 2. The van der Waals surface area contributed by atoms with Gasteiger partial charge in [0.2, 0.25) is 0 Å². The largest absolute Gasteiger partial charge is 0.472 e. The highest BCUT2D eigenvalue weighted by Crippen LogP contribution is 2.45. The minimum absolute atomic E-state index is 0.0982. The Morgan fingerprint density at radius 3 is 0.842 bits per heavy atom. The highest BCUT2D eigenvalue weighted by Gasteiger charge is 2.29. The number of rotatable bonds is 74. The maximum absolute atomic E-state index is 12.9. The summed E-state index contributed by atoms with van der Waals surface area (Å²) >= 11 is 0. The molecular formula is C83H142O16P2. The molecule has 18 heteroatoms. The van der Waals surface area contributed by atoms with Crippen LogP contribution >= 0.6 is 15.6 Å². The number of hydrogen-bond donors (Lipinski definition) is 4. The molecule has 0 aromatic carbocycles. The van der Waals surface area contributed by atoms with Crippen molar-refractivity contribution in [2.75, 3.05) is 39.6 Å². The quantitative estimate of drug-likeness (QED) is 0.0146. The normalized spacial score (nSPS) is 14.7. The number of aliphatic hydroxyl groups excluding tert-OH is 2. The zero-order valence-corrected chi connectivity index (χ0v) is 65.1. The predicted molar refractivity (Wildman–Crippen MR) is 417 cm³/mol. The van der Waals surface area contributed by atoms with Crippen molar-refractivity contribution >= 4 is 33.6 Å². The van der Waals surface area contributed by atoms with Gasteiger partial charge in [0, 0.05) is 19.3 Å². The van der Waals surface area contributed by atoms with E-state index in [0.29, 0.717) is 19.3 Å². The van der Waals surface area contributed by atoms with E-state index in [0.717, 1.165) is 141 Å². The number of unbranched alkanes of at least 4 members (excludes halogenated alkanes) is 29. The number of hydrogen-bond acceptors (Lipinski definition) is 14. The van der Waals surface area contributed by atoms with Crippen LogP contribution in [0.5, 0.6) is 0 Å². The van der Waals surface area contributed by atoms with E-state index in [1.807, 2.05) is 0 Å². The van der Waals surface area contributed by atoms with E-state index in [2.05, 4.69) is 154 Å². The summed E-state index contributed by atoms with van der Waals surface area (Å²) in [4.78, 5) is 58.5. The highest BCUT2D eigenvalue weighted by molar-refractivity contribution is 7.47. The summed E-state index contributed by atoms with van der Waals surface area (Å²) in [5.74, 6) is -1.61. The number of phosphoric ester groups is 2. The van der Waals surface area contributed by atoms with E-state index >= 15 is 0 Å². The van der Waals surface area contributed by atoms with Gasteiger partial charge in [-0.2, -0.15) is 0 Å². The topological polar surface area (TPSA) is 231 Å². The molecule has 0 fully saturated rings. The zero-order chi connectivity index (χ0) is 73.7. The Labute approximate surface area is 614 Å². The number of carbonyl (C=O) groups is 3. The number of esters is 3. The van der Waals surface area contributed by atoms with Crippen molar-refractivity contribution in [2.45, 2.75) is 334 Å². The van der Waals surface area contributed by atoms with Crippen LogP contribution in [0.25, 0.3) is 0 Å². The van der Waals surface area contributed by atoms with E-state index in [4.69, 9.17) is 32.3 Å². The molecule has 5 unspecified atom stereocenters. The van der Waals surface area contributed by atoms with Crippen LogP contribution in [0.4, 0.5) is 0 Å². The van der Waals surface area contributed by atoms with Gasteiger partial charge in [-0.3, -0.25) is 32.5 Å². The first-order valence-electron chi connectivity index (χ1n) is 39.5. The van der Waals surface area contributed by atoms with Gasteiger partial charge in [0.05, 0.1) is 26.4 Å². The smallest absolute Gasteiger partial charge is 0.463 e. The lowest BCUT2D eigenvalue weighted by atomic mass is 10.0. The Bertz CT molecular complexity index is 2370. The molecule has 0 aromatic heterocycles. The lowest BCUT2D eigenvalue weighted by molar-refractivity contribution is -0.161. The minimum atomic E-state index is -4.93. The van der Waals surface area contributed by atoms with E-state index in [1.165, 1.54) is 116 Å². The summed E-state index contributed by atoms with van der Waals surface area (Å²) in [6.07, 6.45) is 90.9. The maximum atomic E-state index is 12.9. The second-order valence-electron chi connectivity index (χ2n) is 26.1. The van der Waals surface area contributed by atoms with Crippen LogP contribution in [-0.2, 0) is 55.8 Å². The minimum Gasteiger partial charge on any atom is -0.463 e. The van der Waals surface area contributed by atoms with Crippen molar-refractivity contribution in [3.8, 4) is 0 Å². The van der Waals surface area contributed by atoms with Gasteiger partial charge < -0.3 is 34.2 Å². The Kier molecular flexibility index (Phi) is 72.2. The summed E-state index contributed by atoms with van der Waals surface area (Å²) in [5.41, 5.74) is 0. The SMILES string of the molecule is CC/C=C\C/C=C\C/C=C\C/C=C\C/C=C\C/C=C\CCCCCCCCCCCCCCCCC(=O)OCC(O)COP(=O)(O)OCC(O)COP(=O)(O)OCC(COC(=O)CCCCC/C=C\C/C=C\C/C=C\C/C=C\C/C=C\CC)OC(=O)CCCCCCCCCCCCCCC. The molecule has 0 rings (SSSR count). The fraction of sp³-hybridized carbons (Fsp3) is 0.699. The lowest BCUT2D eigenvalue weighted by Gasteiger charge is -2.21. The first-order valence-corrected chi connectivity index (χ1v) is 42.5.